The number of amides is 1. The van der Waals surface area contributed by atoms with Crippen molar-refractivity contribution in [1.29, 1.82) is 0 Å². The van der Waals surface area contributed by atoms with Crippen LogP contribution in [0.5, 0.6) is 0 Å². The molecule has 0 aliphatic heterocycles. The summed E-state index contributed by atoms with van der Waals surface area (Å²) >= 11 is 0. The molecule has 9 heteroatoms. The van der Waals surface area contributed by atoms with Gasteiger partial charge in [0.1, 0.15) is 5.69 Å². The number of rotatable bonds is 8. The van der Waals surface area contributed by atoms with Gasteiger partial charge < -0.3 is 10.1 Å². The molecule has 1 amide bonds. The van der Waals surface area contributed by atoms with Crippen LogP contribution in [-0.4, -0.2) is 49.3 Å². The summed E-state index contributed by atoms with van der Waals surface area (Å²) in [7, 11) is -3.55. The lowest BCUT2D eigenvalue weighted by Gasteiger charge is -2.18. The van der Waals surface area contributed by atoms with E-state index in [4.69, 9.17) is 4.74 Å². The van der Waals surface area contributed by atoms with Crippen molar-refractivity contribution in [1.82, 2.24) is 9.29 Å². The van der Waals surface area contributed by atoms with Crippen molar-refractivity contribution < 1.29 is 22.7 Å². The lowest BCUT2D eigenvalue weighted by molar-refractivity contribution is -0.119. The Morgan fingerprint density at radius 1 is 1.07 bits per heavy atom. The Labute approximate surface area is 158 Å². The Morgan fingerprint density at radius 3 is 2.30 bits per heavy atom. The third-order valence-electron chi connectivity index (χ3n) is 3.69. The molecule has 2 rings (SSSR count). The highest BCUT2D eigenvalue weighted by Crippen LogP contribution is 2.18. The average Bonchev–Trinajstić information content (AvgIpc) is 2.68. The van der Waals surface area contributed by atoms with Crippen LogP contribution in [0.25, 0.3) is 0 Å². The van der Waals surface area contributed by atoms with Gasteiger partial charge in [-0.25, -0.2) is 18.2 Å². The molecular formula is C18H21N3O5S. The molecule has 27 heavy (non-hydrogen) atoms. The van der Waals surface area contributed by atoms with Gasteiger partial charge in [0.05, 0.1) is 4.90 Å². The molecule has 0 saturated carbocycles. The van der Waals surface area contributed by atoms with Gasteiger partial charge in [-0.1, -0.05) is 19.9 Å². The van der Waals surface area contributed by atoms with E-state index in [1.54, 1.807) is 26.0 Å². The fraction of sp³-hybridized carbons (Fsp3) is 0.278. The van der Waals surface area contributed by atoms with E-state index in [9.17, 15) is 18.0 Å². The molecule has 0 aliphatic carbocycles. The molecule has 0 saturated heterocycles. The second-order valence-electron chi connectivity index (χ2n) is 5.45. The molecule has 0 radical (unpaired) electrons. The van der Waals surface area contributed by atoms with Gasteiger partial charge in [0.2, 0.25) is 10.0 Å². The van der Waals surface area contributed by atoms with Crippen LogP contribution in [-0.2, 0) is 19.6 Å². The van der Waals surface area contributed by atoms with Crippen molar-refractivity contribution >= 4 is 27.6 Å². The first kappa shape index (κ1) is 20.5. The lowest BCUT2D eigenvalue weighted by atomic mass is 10.3. The standard InChI is InChI=1S/C18H21N3O5S/c1-3-21(4-2)27(24,25)15-10-8-14(9-11-15)20-17(22)13-26-18(23)16-7-5-6-12-19-16/h5-12H,3-4,13H2,1-2H3,(H,20,22). The van der Waals surface area contributed by atoms with Gasteiger partial charge in [-0.15, -0.1) is 0 Å². The normalized spacial score (nSPS) is 11.2. The Kier molecular flexibility index (Phi) is 7.03. The van der Waals surface area contributed by atoms with Crippen molar-refractivity contribution in [3.63, 3.8) is 0 Å². The van der Waals surface area contributed by atoms with E-state index in [-0.39, 0.29) is 10.6 Å². The van der Waals surface area contributed by atoms with E-state index in [2.05, 4.69) is 10.3 Å². The predicted molar refractivity (Wildman–Crippen MR) is 99.7 cm³/mol. The highest BCUT2D eigenvalue weighted by Gasteiger charge is 2.21. The Bertz CT molecular complexity index is 879. The van der Waals surface area contributed by atoms with Crippen molar-refractivity contribution in [3.05, 3.63) is 54.4 Å². The Hall–Kier alpha value is -2.78. The first-order valence-corrected chi connectivity index (χ1v) is 9.80. The second kappa shape index (κ2) is 9.24. The third-order valence-corrected chi connectivity index (χ3v) is 5.75. The van der Waals surface area contributed by atoms with Gasteiger partial charge in [-0.05, 0) is 36.4 Å². The first-order chi connectivity index (χ1) is 12.9. The molecule has 0 aliphatic rings. The Balaban J connectivity index is 1.94. The minimum Gasteiger partial charge on any atom is -0.451 e. The van der Waals surface area contributed by atoms with Crippen LogP contribution >= 0.6 is 0 Å². The molecule has 0 bridgehead atoms. The summed E-state index contributed by atoms with van der Waals surface area (Å²) in [6, 6.07) is 10.6. The third kappa shape index (κ3) is 5.35. The van der Waals surface area contributed by atoms with Crippen molar-refractivity contribution in [3.8, 4) is 0 Å². The number of carbonyl (C=O) groups excluding carboxylic acids is 2. The number of aromatic nitrogens is 1. The summed E-state index contributed by atoms with van der Waals surface area (Å²) in [6.07, 6.45) is 1.45. The summed E-state index contributed by atoms with van der Waals surface area (Å²) < 4.78 is 31.1. The maximum absolute atomic E-state index is 12.4. The molecule has 1 heterocycles. The van der Waals surface area contributed by atoms with Crippen LogP contribution in [0.1, 0.15) is 24.3 Å². The molecule has 1 aromatic carbocycles. The van der Waals surface area contributed by atoms with Crippen molar-refractivity contribution in [2.75, 3.05) is 25.0 Å². The average molecular weight is 391 g/mol. The summed E-state index contributed by atoms with van der Waals surface area (Å²) in [5.74, 6) is -1.25. The number of hydrogen-bond acceptors (Lipinski definition) is 6. The molecule has 0 fully saturated rings. The molecule has 0 unspecified atom stereocenters. The van der Waals surface area contributed by atoms with Crippen LogP contribution in [0, 0.1) is 0 Å². The molecule has 144 valence electrons. The number of esters is 1. The number of nitrogens with one attached hydrogen (secondary N) is 1. The number of benzene rings is 1. The molecule has 8 nitrogen and oxygen atoms in total. The number of anilines is 1. The molecular weight excluding hydrogens is 370 g/mol. The lowest BCUT2D eigenvalue weighted by Crippen LogP contribution is -2.30. The van der Waals surface area contributed by atoms with E-state index in [0.29, 0.717) is 18.8 Å². The highest BCUT2D eigenvalue weighted by atomic mass is 32.2. The van der Waals surface area contributed by atoms with Crippen LogP contribution < -0.4 is 5.32 Å². The molecule has 1 aromatic heterocycles. The summed E-state index contributed by atoms with van der Waals surface area (Å²) in [6.45, 7) is 3.80. The van der Waals surface area contributed by atoms with Crippen LogP contribution in [0.15, 0.2) is 53.6 Å². The topological polar surface area (TPSA) is 106 Å². The van der Waals surface area contributed by atoms with Gasteiger partial charge in [0, 0.05) is 25.0 Å². The van der Waals surface area contributed by atoms with Gasteiger partial charge in [-0.3, -0.25) is 4.79 Å². The zero-order chi connectivity index (χ0) is 19.9. The quantitative estimate of drug-likeness (QED) is 0.689. The maximum Gasteiger partial charge on any atom is 0.357 e. The highest BCUT2D eigenvalue weighted by molar-refractivity contribution is 7.89. The summed E-state index contributed by atoms with van der Waals surface area (Å²) in [4.78, 5) is 27.6. The van der Waals surface area contributed by atoms with E-state index >= 15 is 0 Å². The Morgan fingerprint density at radius 2 is 1.74 bits per heavy atom. The monoisotopic (exact) mass is 391 g/mol. The van der Waals surface area contributed by atoms with Gasteiger partial charge in [-0.2, -0.15) is 4.31 Å². The molecule has 0 spiro atoms. The SMILES string of the molecule is CCN(CC)S(=O)(=O)c1ccc(NC(=O)COC(=O)c2ccccn2)cc1. The summed E-state index contributed by atoms with van der Waals surface area (Å²) in [5, 5.41) is 2.54. The summed E-state index contributed by atoms with van der Waals surface area (Å²) in [5.41, 5.74) is 0.503. The van der Waals surface area contributed by atoms with Crippen LogP contribution in [0.3, 0.4) is 0 Å². The van der Waals surface area contributed by atoms with Crippen molar-refractivity contribution in [2.24, 2.45) is 0 Å². The minimum absolute atomic E-state index is 0.108. The van der Waals surface area contributed by atoms with E-state index < -0.39 is 28.5 Å². The predicted octanol–water partition coefficient (Wildman–Crippen LogP) is 1.91. The molecule has 2 aromatic rings. The van der Waals surface area contributed by atoms with Crippen molar-refractivity contribution in [2.45, 2.75) is 18.7 Å². The smallest absolute Gasteiger partial charge is 0.357 e. The number of ether oxygens (including phenoxy) is 1. The van der Waals surface area contributed by atoms with Gasteiger partial charge in [0.25, 0.3) is 5.91 Å². The molecule has 0 atom stereocenters. The van der Waals surface area contributed by atoms with E-state index in [0.717, 1.165) is 0 Å². The fourth-order valence-corrected chi connectivity index (χ4v) is 3.77. The van der Waals surface area contributed by atoms with E-state index in [1.165, 1.54) is 40.8 Å². The maximum atomic E-state index is 12.4. The number of nitrogens with zero attached hydrogens (tertiary/aromatic N) is 2. The minimum atomic E-state index is -3.55. The second-order valence-corrected chi connectivity index (χ2v) is 7.39. The number of sulfonamides is 1. The zero-order valence-corrected chi connectivity index (χ0v) is 15.9. The first-order valence-electron chi connectivity index (χ1n) is 8.36. The number of carbonyl (C=O) groups is 2. The van der Waals surface area contributed by atoms with Gasteiger partial charge >= 0.3 is 5.97 Å². The largest absolute Gasteiger partial charge is 0.451 e. The number of pyridine rings is 1. The van der Waals surface area contributed by atoms with Crippen LogP contribution in [0.2, 0.25) is 0 Å². The fourth-order valence-electron chi connectivity index (χ4n) is 2.31. The zero-order valence-electron chi connectivity index (χ0n) is 15.1. The van der Waals surface area contributed by atoms with E-state index in [1.807, 2.05) is 0 Å². The number of hydrogen-bond donors (Lipinski definition) is 1. The van der Waals surface area contributed by atoms with Crippen LogP contribution in [0.4, 0.5) is 5.69 Å². The van der Waals surface area contributed by atoms with Gasteiger partial charge in [0.15, 0.2) is 6.61 Å². The molecule has 1 N–H and O–H groups in total.